The number of hydrogen-bond acceptors (Lipinski definition) is 7. The Labute approximate surface area is 194 Å². The lowest BCUT2D eigenvalue weighted by molar-refractivity contribution is 0.112. The van der Waals surface area contributed by atoms with Crippen molar-refractivity contribution in [3.05, 3.63) is 60.4 Å². The van der Waals surface area contributed by atoms with Crippen LogP contribution in [0.5, 0.6) is 5.75 Å². The van der Waals surface area contributed by atoms with E-state index in [1.807, 2.05) is 37.8 Å². The number of aromatic nitrogens is 5. The number of methoxy groups -OCH3 is 2. The van der Waals surface area contributed by atoms with E-state index in [4.69, 9.17) is 14.5 Å². The summed E-state index contributed by atoms with van der Waals surface area (Å²) in [6, 6.07) is 8.08. The molecule has 0 unspecified atom stereocenters. The van der Waals surface area contributed by atoms with Gasteiger partial charge >= 0.3 is 0 Å². The summed E-state index contributed by atoms with van der Waals surface area (Å²) in [6.45, 7) is 5.67. The molecule has 0 radical (unpaired) electrons. The maximum Gasteiger partial charge on any atom is 0.152 e. The normalized spacial score (nSPS) is 11.7. The van der Waals surface area contributed by atoms with Crippen LogP contribution in [-0.4, -0.2) is 52.1 Å². The molecule has 1 aromatic carbocycles. The van der Waals surface area contributed by atoms with Crippen LogP contribution in [0.1, 0.15) is 25.2 Å². The molecule has 4 rings (SSSR count). The summed E-state index contributed by atoms with van der Waals surface area (Å²) >= 11 is 0. The second kappa shape index (κ2) is 9.54. The lowest BCUT2D eigenvalue weighted by Crippen LogP contribution is -2.28. The molecule has 0 aliphatic heterocycles. The number of hydrogen-bond donors (Lipinski definition) is 1. The van der Waals surface area contributed by atoms with Crippen LogP contribution in [-0.2, 0) is 18.2 Å². The van der Waals surface area contributed by atoms with Crippen LogP contribution in [0.15, 0.2) is 49.1 Å². The number of aryl methyl sites for hydroxylation is 1. The third kappa shape index (κ3) is 5.28. The fourth-order valence-electron chi connectivity index (χ4n) is 3.78. The number of nitrogens with one attached hydrogen (secondary N) is 1. The van der Waals surface area contributed by atoms with Gasteiger partial charge in [-0.2, -0.15) is 5.10 Å². The summed E-state index contributed by atoms with van der Waals surface area (Å²) in [6.07, 6.45) is 8.00. The molecule has 1 N–H and O–H groups in total. The third-order valence-electron chi connectivity index (χ3n) is 5.49. The number of rotatable bonds is 9. The molecular formula is C25H30N6O2. The zero-order valence-electron chi connectivity index (χ0n) is 19.8. The van der Waals surface area contributed by atoms with Crippen LogP contribution >= 0.6 is 0 Å². The summed E-state index contributed by atoms with van der Waals surface area (Å²) < 4.78 is 12.8. The van der Waals surface area contributed by atoms with E-state index in [2.05, 4.69) is 46.4 Å². The van der Waals surface area contributed by atoms with Crippen molar-refractivity contribution in [2.45, 2.75) is 20.3 Å². The number of nitrogens with zero attached hydrogens (tertiary/aromatic N) is 5. The van der Waals surface area contributed by atoms with Gasteiger partial charge in [-0.1, -0.05) is 26.0 Å². The molecule has 33 heavy (non-hydrogen) atoms. The monoisotopic (exact) mass is 446 g/mol. The molecule has 0 fully saturated rings. The predicted molar refractivity (Wildman–Crippen MR) is 129 cm³/mol. The van der Waals surface area contributed by atoms with E-state index in [1.54, 1.807) is 25.1 Å². The predicted octanol–water partition coefficient (Wildman–Crippen LogP) is 4.11. The average Bonchev–Trinajstić information content (AvgIpc) is 3.24. The lowest BCUT2D eigenvalue weighted by Gasteiger charge is -2.24. The van der Waals surface area contributed by atoms with E-state index in [1.165, 1.54) is 0 Å². The van der Waals surface area contributed by atoms with E-state index in [9.17, 15) is 0 Å². The van der Waals surface area contributed by atoms with Crippen LogP contribution in [0.25, 0.3) is 22.0 Å². The van der Waals surface area contributed by atoms with Crippen LogP contribution in [0.2, 0.25) is 0 Å². The number of pyridine rings is 1. The van der Waals surface area contributed by atoms with Gasteiger partial charge in [-0.25, -0.2) is 15.0 Å². The molecule has 8 heteroatoms. The zero-order valence-corrected chi connectivity index (χ0v) is 19.8. The Balaban J connectivity index is 1.60. The molecule has 0 saturated carbocycles. The zero-order chi connectivity index (χ0) is 23.4. The van der Waals surface area contributed by atoms with E-state index in [-0.39, 0.29) is 5.41 Å². The SMILES string of the molecule is COCC(C)(C)CNc1nccc2cnc(Cc3ccc(-c4cnn(C)c4)cc3OC)nc12. The van der Waals surface area contributed by atoms with Gasteiger partial charge in [-0.05, 0) is 17.7 Å². The summed E-state index contributed by atoms with van der Waals surface area (Å²) in [5.74, 6) is 2.26. The van der Waals surface area contributed by atoms with E-state index in [0.717, 1.165) is 45.7 Å². The molecule has 0 bridgehead atoms. The summed E-state index contributed by atoms with van der Waals surface area (Å²) in [7, 11) is 5.30. The Morgan fingerprint density at radius 1 is 1.06 bits per heavy atom. The molecule has 0 atom stereocenters. The fraction of sp³-hybridized carbons (Fsp3) is 0.360. The first-order valence-corrected chi connectivity index (χ1v) is 10.9. The minimum atomic E-state index is -0.0299. The van der Waals surface area contributed by atoms with Crippen molar-refractivity contribution in [2.24, 2.45) is 12.5 Å². The van der Waals surface area contributed by atoms with Crippen molar-refractivity contribution in [3.63, 3.8) is 0 Å². The van der Waals surface area contributed by atoms with E-state index >= 15 is 0 Å². The largest absolute Gasteiger partial charge is 0.496 e. The first-order chi connectivity index (χ1) is 15.9. The van der Waals surface area contributed by atoms with Gasteiger partial charge in [0, 0.05) is 67.6 Å². The van der Waals surface area contributed by atoms with E-state index in [0.29, 0.717) is 18.9 Å². The van der Waals surface area contributed by atoms with Gasteiger partial charge in [-0.15, -0.1) is 0 Å². The quantitative estimate of drug-likeness (QED) is 0.414. The van der Waals surface area contributed by atoms with Crippen molar-refractivity contribution >= 4 is 16.7 Å². The molecule has 0 aliphatic carbocycles. The topological polar surface area (TPSA) is 87.0 Å². The maximum absolute atomic E-state index is 5.68. The Kier molecular flexibility index (Phi) is 6.55. The van der Waals surface area contributed by atoms with Crippen molar-refractivity contribution < 1.29 is 9.47 Å². The van der Waals surface area contributed by atoms with Crippen LogP contribution in [0.3, 0.4) is 0 Å². The summed E-state index contributed by atoms with van der Waals surface area (Å²) in [5.41, 5.74) is 3.89. The number of fused-ring (bicyclic) bond motifs is 1. The van der Waals surface area contributed by atoms with Gasteiger partial charge in [0.25, 0.3) is 0 Å². The van der Waals surface area contributed by atoms with Crippen LogP contribution < -0.4 is 10.1 Å². The smallest absolute Gasteiger partial charge is 0.152 e. The third-order valence-corrected chi connectivity index (χ3v) is 5.49. The van der Waals surface area contributed by atoms with Gasteiger partial charge in [0.15, 0.2) is 5.82 Å². The Morgan fingerprint density at radius 3 is 2.64 bits per heavy atom. The molecule has 172 valence electrons. The average molecular weight is 447 g/mol. The Morgan fingerprint density at radius 2 is 1.91 bits per heavy atom. The molecule has 4 aromatic rings. The number of anilines is 1. The minimum absolute atomic E-state index is 0.0299. The van der Waals surface area contributed by atoms with Gasteiger partial charge in [0.05, 0.1) is 19.9 Å². The molecular weight excluding hydrogens is 416 g/mol. The minimum Gasteiger partial charge on any atom is -0.496 e. The Bertz CT molecular complexity index is 1250. The highest BCUT2D eigenvalue weighted by molar-refractivity contribution is 5.87. The standard InChI is InChI=1S/C25H30N6O2/c1-25(2,16-32-4)15-28-24-23-19(8-9-26-24)12-27-22(30-23)11-18-7-6-17(10-21(18)33-5)20-13-29-31(3)14-20/h6-10,12-14H,11,15-16H2,1-5H3,(H,26,28). The van der Waals surface area contributed by atoms with Gasteiger partial charge in [0.2, 0.25) is 0 Å². The van der Waals surface area contributed by atoms with Gasteiger partial charge in [-0.3, -0.25) is 4.68 Å². The van der Waals surface area contributed by atoms with Crippen LogP contribution in [0.4, 0.5) is 5.82 Å². The van der Waals surface area contributed by atoms with Gasteiger partial charge < -0.3 is 14.8 Å². The number of benzene rings is 1. The van der Waals surface area contributed by atoms with Crippen LogP contribution in [0, 0.1) is 5.41 Å². The van der Waals surface area contributed by atoms with E-state index < -0.39 is 0 Å². The fourth-order valence-corrected chi connectivity index (χ4v) is 3.78. The first kappa shape index (κ1) is 22.7. The molecule has 8 nitrogen and oxygen atoms in total. The molecule has 3 aromatic heterocycles. The molecule has 0 aliphatic rings. The highest BCUT2D eigenvalue weighted by atomic mass is 16.5. The Hall–Kier alpha value is -3.52. The van der Waals surface area contributed by atoms with Gasteiger partial charge in [0.1, 0.15) is 17.1 Å². The second-order valence-electron chi connectivity index (χ2n) is 8.94. The molecule has 0 spiro atoms. The van der Waals surface area contributed by atoms with Crippen molar-refractivity contribution in [3.8, 4) is 16.9 Å². The molecule has 3 heterocycles. The molecule has 0 amide bonds. The maximum atomic E-state index is 5.68. The van der Waals surface area contributed by atoms with Crippen molar-refractivity contribution in [1.29, 1.82) is 0 Å². The number of ether oxygens (including phenoxy) is 2. The van der Waals surface area contributed by atoms with Crippen molar-refractivity contribution in [1.82, 2.24) is 24.7 Å². The molecule has 0 saturated heterocycles. The lowest BCUT2D eigenvalue weighted by atomic mass is 9.95. The van der Waals surface area contributed by atoms with Crippen molar-refractivity contribution in [2.75, 3.05) is 32.7 Å². The summed E-state index contributed by atoms with van der Waals surface area (Å²) in [4.78, 5) is 13.9. The first-order valence-electron chi connectivity index (χ1n) is 10.9. The second-order valence-corrected chi connectivity index (χ2v) is 8.94. The summed E-state index contributed by atoms with van der Waals surface area (Å²) in [5, 5.41) is 8.64. The highest BCUT2D eigenvalue weighted by Crippen LogP contribution is 2.29. The highest BCUT2D eigenvalue weighted by Gasteiger charge is 2.18.